The highest BCUT2D eigenvalue weighted by Crippen LogP contribution is 1.70. The lowest BCUT2D eigenvalue weighted by atomic mass is 10.5. The number of likely N-dealkylation sites (N-methyl/N-ethyl adjacent to an activating group) is 2. The molecule has 0 unspecified atom stereocenters. The van der Waals surface area contributed by atoms with Crippen molar-refractivity contribution in [1.82, 2.24) is 10.6 Å². The van der Waals surface area contributed by atoms with Crippen molar-refractivity contribution in [3.63, 3.8) is 0 Å². The Bertz CT molecular complexity index is 80.1. The van der Waals surface area contributed by atoms with E-state index in [9.17, 15) is 4.79 Å². The van der Waals surface area contributed by atoms with Gasteiger partial charge in [-0.1, -0.05) is 0 Å². The second-order valence-corrected chi connectivity index (χ2v) is 1.35. The SMILES string of the molecule is CNC(NC)C(=O)O. The molecule has 0 rings (SSSR count). The topological polar surface area (TPSA) is 61.4 Å². The molecule has 0 amide bonds. The van der Waals surface area contributed by atoms with E-state index < -0.39 is 12.1 Å². The van der Waals surface area contributed by atoms with Gasteiger partial charge in [0.25, 0.3) is 0 Å². The Morgan fingerprint density at radius 1 is 1.50 bits per heavy atom. The van der Waals surface area contributed by atoms with E-state index in [0.29, 0.717) is 0 Å². The summed E-state index contributed by atoms with van der Waals surface area (Å²) in [7, 11) is 3.16. The zero-order valence-corrected chi connectivity index (χ0v) is 4.93. The summed E-state index contributed by atoms with van der Waals surface area (Å²) in [5.74, 6) is -0.894. The summed E-state index contributed by atoms with van der Waals surface area (Å²) in [4.78, 5) is 10.0. The van der Waals surface area contributed by atoms with Gasteiger partial charge in [-0.15, -0.1) is 0 Å². The van der Waals surface area contributed by atoms with Crippen LogP contribution in [0.25, 0.3) is 0 Å². The minimum Gasteiger partial charge on any atom is -0.479 e. The largest absolute Gasteiger partial charge is 0.479 e. The highest BCUT2D eigenvalue weighted by molar-refractivity contribution is 5.72. The summed E-state index contributed by atoms with van der Waals surface area (Å²) in [6, 6.07) is 0. The third kappa shape index (κ3) is 1.90. The Hall–Kier alpha value is -0.610. The van der Waals surface area contributed by atoms with E-state index in [1.807, 2.05) is 0 Å². The fourth-order valence-electron chi connectivity index (χ4n) is 0.391. The van der Waals surface area contributed by atoms with Crippen molar-refractivity contribution in [2.45, 2.75) is 6.17 Å². The van der Waals surface area contributed by atoms with Gasteiger partial charge < -0.3 is 5.11 Å². The molecule has 0 aliphatic carbocycles. The molecule has 0 aromatic rings. The van der Waals surface area contributed by atoms with Crippen molar-refractivity contribution in [2.75, 3.05) is 14.1 Å². The molecule has 3 N–H and O–H groups in total. The Balaban J connectivity index is 3.52. The number of hydrogen-bond acceptors (Lipinski definition) is 3. The predicted molar refractivity (Wildman–Crippen MR) is 29.5 cm³/mol. The van der Waals surface area contributed by atoms with Crippen LogP contribution >= 0.6 is 0 Å². The maximum absolute atomic E-state index is 10.0. The lowest BCUT2D eigenvalue weighted by molar-refractivity contribution is -0.140. The minimum atomic E-state index is -0.894. The van der Waals surface area contributed by atoms with Gasteiger partial charge in [0.2, 0.25) is 0 Å². The van der Waals surface area contributed by atoms with Crippen LogP contribution in [0.3, 0.4) is 0 Å². The second-order valence-electron chi connectivity index (χ2n) is 1.35. The molecule has 4 heteroatoms. The van der Waals surface area contributed by atoms with E-state index in [-0.39, 0.29) is 0 Å². The van der Waals surface area contributed by atoms with Crippen LogP contribution in [0.15, 0.2) is 0 Å². The van der Waals surface area contributed by atoms with Gasteiger partial charge in [-0.3, -0.25) is 10.6 Å². The van der Waals surface area contributed by atoms with E-state index in [4.69, 9.17) is 5.11 Å². The van der Waals surface area contributed by atoms with Crippen LogP contribution in [0, 0.1) is 0 Å². The van der Waals surface area contributed by atoms with Crippen molar-refractivity contribution < 1.29 is 9.90 Å². The number of carboxylic acids is 1. The summed E-state index contributed by atoms with van der Waals surface area (Å²) >= 11 is 0. The maximum Gasteiger partial charge on any atom is 0.335 e. The van der Waals surface area contributed by atoms with E-state index in [2.05, 4.69) is 10.6 Å². The van der Waals surface area contributed by atoms with Crippen LogP contribution < -0.4 is 10.6 Å². The Kier molecular flexibility index (Phi) is 3.14. The molecule has 0 fully saturated rings. The van der Waals surface area contributed by atoms with E-state index >= 15 is 0 Å². The van der Waals surface area contributed by atoms with Gasteiger partial charge >= 0.3 is 5.97 Å². The lowest BCUT2D eigenvalue weighted by Gasteiger charge is -2.07. The van der Waals surface area contributed by atoms with E-state index in [1.165, 1.54) is 0 Å². The number of rotatable bonds is 3. The highest BCUT2D eigenvalue weighted by Gasteiger charge is 2.09. The van der Waals surface area contributed by atoms with Crippen LogP contribution in [-0.2, 0) is 4.79 Å². The van der Waals surface area contributed by atoms with Gasteiger partial charge in [-0.2, -0.15) is 0 Å². The minimum absolute atomic E-state index is 0.630. The zero-order valence-electron chi connectivity index (χ0n) is 4.93. The summed E-state index contributed by atoms with van der Waals surface area (Å²) in [5, 5.41) is 13.3. The van der Waals surface area contributed by atoms with Gasteiger partial charge in [0.15, 0.2) is 6.17 Å². The summed E-state index contributed by atoms with van der Waals surface area (Å²) in [6.45, 7) is 0. The number of carbonyl (C=O) groups is 1. The van der Waals surface area contributed by atoms with Crippen molar-refractivity contribution >= 4 is 5.97 Å². The smallest absolute Gasteiger partial charge is 0.335 e. The first-order chi connectivity index (χ1) is 3.72. The number of carboxylic acid groups (broad SMARTS) is 1. The van der Waals surface area contributed by atoms with Gasteiger partial charge in [-0.05, 0) is 14.1 Å². The predicted octanol–water partition coefficient (Wildman–Crippen LogP) is -1.16. The van der Waals surface area contributed by atoms with Crippen LogP contribution in [-0.4, -0.2) is 31.3 Å². The summed E-state index contributed by atoms with van der Waals surface area (Å²) < 4.78 is 0. The number of hydrogen-bond donors (Lipinski definition) is 3. The Morgan fingerprint density at radius 3 is 1.88 bits per heavy atom. The Morgan fingerprint density at radius 2 is 1.88 bits per heavy atom. The van der Waals surface area contributed by atoms with Crippen LogP contribution in [0.4, 0.5) is 0 Å². The fourth-order valence-corrected chi connectivity index (χ4v) is 0.391. The maximum atomic E-state index is 10.0. The average molecular weight is 118 g/mol. The third-order valence-corrected chi connectivity index (χ3v) is 0.824. The fraction of sp³-hybridized carbons (Fsp3) is 0.750. The van der Waals surface area contributed by atoms with E-state index in [1.54, 1.807) is 14.1 Å². The molecule has 0 saturated heterocycles. The third-order valence-electron chi connectivity index (χ3n) is 0.824. The Labute approximate surface area is 47.9 Å². The van der Waals surface area contributed by atoms with Crippen LogP contribution in [0.2, 0.25) is 0 Å². The molecule has 0 aromatic carbocycles. The number of aliphatic carboxylic acids is 1. The molecule has 0 heterocycles. The first-order valence-electron chi connectivity index (χ1n) is 2.29. The zero-order chi connectivity index (χ0) is 6.57. The van der Waals surface area contributed by atoms with Crippen molar-refractivity contribution in [3.05, 3.63) is 0 Å². The van der Waals surface area contributed by atoms with E-state index in [0.717, 1.165) is 0 Å². The first kappa shape index (κ1) is 7.39. The molecule has 0 saturated carbocycles. The molecule has 8 heavy (non-hydrogen) atoms. The van der Waals surface area contributed by atoms with Gasteiger partial charge in [0.1, 0.15) is 0 Å². The molecule has 0 aromatic heterocycles. The van der Waals surface area contributed by atoms with Gasteiger partial charge in [0, 0.05) is 0 Å². The molecule has 4 nitrogen and oxygen atoms in total. The molecule has 0 aliphatic rings. The molecule has 0 aliphatic heterocycles. The van der Waals surface area contributed by atoms with Gasteiger partial charge in [-0.25, -0.2) is 4.79 Å². The van der Waals surface area contributed by atoms with Crippen molar-refractivity contribution in [2.24, 2.45) is 0 Å². The highest BCUT2D eigenvalue weighted by atomic mass is 16.4. The van der Waals surface area contributed by atoms with Crippen LogP contribution in [0.1, 0.15) is 0 Å². The molecular weight excluding hydrogens is 108 g/mol. The van der Waals surface area contributed by atoms with Crippen molar-refractivity contribution in [3.8, 4) is 0 Å². The molecular formula is C4H10N2O2. The summed E-state index contributed by atoms with van der Waals surface area (Å²) in [5.41, 5.74) is 0. The van der Waals surface area contributed by atoms with Gasteiger partial charge in [0.05, 0.1) is 0 Å². The van der Waals surface area contributed by atoms with Crippen LogP contribution in [0.5, 0.6) is 0 Å². The monoisotopic (exact) mass is 118 g/mol. The number of nitrogens with one attached hydrogen (secondary N) is 2. The normalized spacial score (nSPS) is 9.88. The molecule has 0 spiro atoms. The molecule has 0 bridgehead atoms. The van der Waals surface area contributed by atoms with Crippen molar-refractivity contribution in [1.29, 1.82) is 0 Å². The standard InChI is InChI=1S/C4H10N2O2/c1-5-3(6-2)4(7)8/h3,5-6H,1-2H3,(H,7,8). The quantitative estimate of drug-likeness (QED) is 0.409. The summed E-state index contributed by atoms with van der Waals surface area (Å²) in [6.07, 6.45) is -0.630. The molecule has 0 atom stereocenters. The molecule has 48 valence electrons. The average Bonchev–Trinajstić information content (AvgIpc) is 1.69. The first-order valence-corrected chi connectivity index (χ1v) is 2.29. The second kappa shape index (κ2) is 3.40. The lowest BCUT2D eigenvalue weighted by Crippen LogP contribution is -2.44. The molecule has 0 radical (unpaired) electrons.